The van der Waals surface area contributed by atoms with Gasteiger partial charge in [0, 0.05) is 44.2 Å². The second kappa shape index (κ2) is 15.2. The van der Waals surface area contributed by atoms with Crippen molar-refractivity contribution in [2.45, 2.75) is 84.3 Å². The van der Waals surface area contributed by atoms with E-state index in [1.54, 1.807) is 6.92 Å². The Kier molecular flexibility index (Phi) is 10.8. The summed E-state index contributed by atoms with van der Waals surface area (Å²) in [5, 5.41) is 4.32. The van der Waals surface area contributed by atoms with Crippen LogP contribution in [0.15, 0.2) is 66.2 Å². The van der Waals surface area contributed by atoms with Gasteiger partial charge in [-0.1, -0.05) is 67.4 Å². The average molecular weight is 670 g/mol. The van der Waals surface area contributed by atoms with E-state index in [9.17, 15) is 9.59 Å². The fraction of sp³-hybridized carbons (Fsp3) is 0.450. The molecule has 3 aromatic carbocycles. The van der Waals surface area contributed by atoms with Crippen molar-refractivity contribution in [3.05, 3.63) is 99.1 Å². The van der Waals surface area contributed by atoms with Gasteiger partial charge in [0.25, 0.3) is 5.91 Å². The molecule has 0 radical (unpaired) electrons. The summed E-state index contributed by atoms with van der Waals surface area (Å²) in [5.41, 5.74) is 7.87. The van der Waals surface area contributed by atoms with Crippen LogP contribution in [0.3, 0.4) is 0 Å². The summed E-state index contributed by atoms with van der Waals surface area (Å²) in [4.78, 5) is 31.0. The molecule has 1 saturated heterocycles. The number of rotatable bonds is 13. The predicted octanol–water partition coefficient (Wildman–Crippen LogP) is 6.81. The van der Waals surface area contributed by atoms with Gasteiger partial charge in [-0.2, -0.15) is 0 Å². The Morgan fingerprint density at radius 3 is 2.29 bits per heavy atom. The van der Waals surface area contributed by atoms with Gasteiger partial charge in [0.2, 0.25) is 5.91 Å². The number of fused-ring (bicyclic) bond motifs is 2. The molecule has 8 heteroatoms. The molecule has 3 aliphatic rings. The molecule has 2 fully saturated rings. The summed E-state index contributed by atoms with van der Waals surface area (Å²) < 4.78 is 12.0. The SMILES string of the molecule is CCc1cc(Cl)c(OCCOc2ccc(C3=C(C(=O)N(CCc4ccc(C)cc4)C4CC4)[C@H]4CN(C(C)=O)C[C@@H](C3)N4)cc2)cc1CC. The highest BCUT2D eigenvalue weighted by molar-refractivity contribution is 6.32. The number of halogens is 1. The van der Waals surface area contributed by atoms with E-state index in [0.717, 1.165) is 54.6 Å². The van der Waals surface area contributed by atoms with Crippen molar-refractivity contribution < 1.29 is 19.1 Å². The van der Waals surface area contributed by atoms with Crippen molar-refractivity contribution in [2.75, 3.05) is 32.8 Å². The molecule has 2 aliphatic heterocycles. The molecule has 0 spiro atoms. The Bertz CT molecular complexity index is 1650. The lowest BCUT2D eigenvalue weighted by atomic mass is 9.82. The number of nitrogens with one attached hydrogen (secondary N) is 1. The van der Waals surface area contributed by atoms with E-state index in [4.69, 9.17) is 21.1 Å². The van der Waals surface area contributed by atoms with Crippen molar-refractivity contribution in [3.63, 3.8) is 0 Å². The van der Waals surface area contributed by atoms with Crippen molar-refractivity contribution in [1.82, 2.24) is 15.1 Å². The maximum absolute atomic E-state index is 14.6. The van der Waals surface area contributed by atoms with Gasteiger partial charge in [-0.05, 0) is 97.5 Å². The van der Waals surface area contributed by atoms with E-state index in [1.165, 1.54) is 22.3 Å². The zero-order valence-corrected chi connectivity index (χ0v) is 29.4. The smallest absolute Gasteiger partial charge is 0.252 e. The zero-order valence-electron chi connectivity index (χ0n) is 28.7. The normalized spacial score (nSPS) is 18.9. The average Bonchev–Trinajstić information content (AvgIpc) is 3.93. The number of hydrogen-bond donors (Lipinski definition) is 1. The van der Waals surface area contributed by atoms with Crippen molar-refractivity contribution in [3.8, 4) is 11.5 Å². The summed E-state index contributed by atoms with van der Waals surface area (Å²) in [6.07, 6.45) is 5.45. The van der Waals surface area contributed by atoms with Gasteiger partial charge in [0.1, 0.15) is 24.7 Å². The first-order valence-electron chi connectivity index (χ1n) is 17.5. The lowest BCUT2D eigenvalue weighted by Crippen LogP contribution is -2.62. The fourth-order valence-corrected chi connectivity index (χ4v) is 7.33. The first kappa shape index (κ1) is 34.1. The first-order valence-corrected chi connectivity index (χ1v) is 17.9. The van der Waals surface area contributed by atoms with Gasteiger partial charge in [0.05, 0.1) is 11.1 Å². The van der Waals surface area contributed by atoms with E-state index >= 15 is 0 Å². The summed E-state index contributed by atoms with van der Waals surface area (Å²) >= 11 is 6.49. The van der Waals surface area contributed by atoms with Crippen molar-refractivity contribution in [1.29, 1.82) is 0 Å². The Hall–Kier alpha value is -3.81. The standard InChI is InChI=1S/C40H48ClN3O4/c1-5-29-21-36(41)38(22-30(29)6-2)48-20-19-47-34-15-11-31(12-16-34)35-23-32-24-43(27(4)45)25-37(42-32)39(35)40(46)44(33-13-14-33)18-17-28-9-7-26(3)8-10-28/h7-12,15-16,21-22,32-33,37,42H,5-6,13-14,17-20,23-25H2,1-4H3/t32-,37-/m1/s1. The number of amides is 2. The van der Waals surface area contributed by atoms with Gasteiger partial charge in [-0.15, -0.1) is 0 Å². The molecule has 0 unspecified atom stereocenters. The van der Waals surface area contributed by atoms with Crippen LogP contribution in [0.4, 0.5) is 0 Å². The second-order valence-corrected chi connectivity index (χ2v) is 13.8. The highest BCUT2D eigenvalue weighted by Crippen LogP contribution is 2.37. The lowest BCUT2D eigenvalue weighted by Gasteiger charge is -2.44. The van der Waals surface area contributed by atoms with Crippen LogP contribution in [0.2, 0.25) is 5.02 Å². The fourth-order valence-electron chi connectivity index (χ4n) is 7.09. The Morgan fingerprint density at radius 1 is 0.938 bits per heavy atom. The minimum Gasteiger partial charge on any atom is -0.490 e. The number of carbonyl (C=O) groups excluding carboxylic acids is 2. The molecular formula is C40H48ClN3O4. The monoisotopic (exact) mass is 669 g/mol. The van der Waals surface area contributed by atoms with Crippen LogP contribution in [0.1, 0.15) is 67.9 Å². The third-order valence-corrected chi connectivity index (χ3v) is 10.2. The van der Waals surface area contributed by atoms with Crippen molar-refractivity contribution in [2.24, 2.45) is 0 Å². The first-order chi connectivity index (χ1) is 23.2. The molecule has 6 rings (SSSR count). The third-order valence-electron chi connectivity index (χ3n) is 9.92. The van der Waals surface area contributed by atoms with Gasteiger partial charge in [0.15, 0.2) is 0 Å². The number of ether oxygens (including phenoxy) is 2. The molecule has 48 heavy (non-hydrogen) atoms. The number of benzene rings is 3. The molecule has 1 aliphatic carbocycles. The molecule has 7 nitrogen and oxygen atoms in total. The van der Waals surface area contributed by atoms with Crippen LogP contribution in [0.5, 0.6) is 11.5 Å². The van der Waals surface area contributed by atoms with Crippen molar-refractivity contribution >= 4 is 29.0 Å². The Labute approximate surface area is 290 Å². The van der Waals surface area contributed by atoms with Crippen LogP contribution in [-0.2, 0) is 28.9 Å². The highest BCUT2D eigenvalue weighted by atomic mass is 35.5. The molecule has 1 saturated carbocycles. The molecule has 254 valence electrons. The van der Waals surface area contributed by atoms with E-state index < -0.39 is 0 Å². The van der Waals surface area contributed by atoms with Crippen LogP contribution in [-0.4, -0.2) is 72.6 Å². The van der Waals surface area contributed by atoms with Gasteiger partial charge < -0.3 is 24.6 Å². The molecular weight excluding hydrogens is 622 g/mol. The van der Waals surface area contributed by atoms with Crippen LogP contribution in [0.25, 0.3) is 5.57 Å². The minimum atomic E-state index is -0.205. The van der Waals surface area contributed by atoms with E-state index in [0.29, 0.717) is 50.0 Å². The quantitative estimate of drug-likeness (QED) is 0.203. The van der Waals surface area contributed by atoms with E-state index in [2.05, 4.69) is 67.4 Å². The van der Waals surface area contributed by atoms with Crippen LogP contribution >= 0.6 is 11.6 Å². The number of carbonyl (C=O) groups is 2. The molecule has 2 atom stereocenters. The number of aryl methyl sites for hydroxylation is 3. The zero-order chi connectivity index (χ0) is 33.8. The van der Waals surface area contributed by atoms with Crippen LogP contribution < -0.4 is 14.8 Å². The molecule has 0 aromatic heterocycles. The topological polar surface area (TPSA) is 71.1 Å². The molecule has 3 aromatic rings. The summed E-state index contributed by atoms with van der Waals surface area (Å²) in [6.45, 7) is 10.6. The Morgan fingerprint density at radius 2 is 1.62 bits per heavy atom. The highest BCUT2D eigenvalue weighted by Gasteiger charge is 2.42. The maximum Gasteiger partial charge on any atom is 0.252 e. The van der Waals surface area contributed by atoms with Crippen LogP contribution in [0, 0.1) is 6.92 Å². The molecule has 2 bridgehead atoms. The maximum atomic E-state index is 14.6. The molecule has 2 amide bonds. The Balaban J connectivity index is 1.18. The largest absolute Gasteiger partial charge is 0.490 e. The van der Waals surface area contributed by atoms with Gasteiger partial charge in [-0.25, -0.2) is 0 Å². The number of hydrogen-bond acceptors (Lipinski definition) is 5. The summed E-state index contributed by atoms with van der Waals surface area (Å²) in [5.74, 6) is 1.58. The molecule has 2 heterocycles. The molecule has 1 N–H and O–H groups in total. The predicted molar refractivity (Wildman–Crippen MR) is 192 cm³/mol. The number of nitrogens with zero attached hydrogens (tertiary/aromatic N) is 2. The lowest BCUT2D eigenvalue weighted by molar-refractivity contribution is -0.132. The van der Waals surface area contributed by atoms with E-state index in [-0.39, 0.29) is 29.9 Å². The number of piperazine rings is 1. The summed E-state index contributed by atoms with van der Waals surface area (Å²) in [6, 6.07) is 20.8. The van der Waals surface area contributed by atoms with E-state index in [1.807, 2.05) is 29.2 Å². The third kappa shape index (κ3) is 7.90. The minimum absolute atomic E-state index is 0.0525. The summed E-state index contributed by atoms with van der Waals surface area (Å²) in [7, 11) is 0. The van der Waals surface area contributed by atoms with Gasteiger partial charge >= 0.3 is 0 Å². The second-order valence-electron chi connectivity index (χ2n) is 13.4. The van der Waals surface area contributed by atoms with Gasteiger partial charge in [-0.3, -0.25) is 9.59 Å².